The molecule has 0 aromatic heterocycles. The SMILES string of the molecule is C=CCN1C(=O)C(C(=O)Nc2ccccc2C#N)=C[C@@]2(C)C1CC[C@@H]1[C@H]2CC[C@]2(C)CCC[C@@H]12. The van der Waals surface area contributed by atoms with Crippen molar-refractivity contribution in [2.24, 2.45) is 28.6 Å². The second-order valence-corrected chi connectivity index (χ2v) is 11.3. The van der Waals surface area contributed by atoms with Gasteiger partial charge in [0, 0.05) is 18.0 Å². The molecule has 0 bridgehead atoms. The van der Waals surface area contributed by atoms with Gasteiger partial charge in [-0.2, -0.15) is 5.26 Å². The minimum absolute atomic E-state index is 0.0907. The third kappa shape index (κ3) is 3.42. The summed E-state index contributed by atoms with van der Waals surface area (Å²) in [6.45, 7) is 9.11. The molecule has 0 radical (unpaired) electrons. The average Bonchev–Trinajstić information content (AvgIpc) is 3.23. The molecule has 5 heteroatoms. The van der Waals surface area contributed by atoms with Gasteiger partial charge in [-0.25, -0.2) is 0 Å². The Morgan fingerprint density at radius 1 is 1.21 bits per heavy atom. The Morgan fingerprint density at radius 3 is 2.76 bits per heavy atom. The van der Waals surface area contributed by atoms with E-state index >= 15 is 0 Å². The maximum atomic E-state index is 13.6. The highest BCUT2D eigenvalue weighted by Crippen LogP contribution is 2.64. The van der Waals surface area contributed by atoms with E-state index in [4.69, 9.17) is 0 Å². The van der Waals surface area contributed by atoms with Gasteiger partial charge in [-0.05, 0) is 73.8 Å². The highest BCUT2D eigenvalue weighted by molar-refractivity contribution is 6.23. The van der Waals surface area contributed by atoms with Crippen molar-refractivity contribution in [2.75, 3.05) is 11.9 Å². The van der Waals surface area contributed by atoms with E-state index in [1.165, 1.54) is 25.7 Å². The number of carbonyl (C=O) groups excluding carboxylic acids is 2. The Hall–Kier alpha value is -2.87. The molecule has 1 aliphatic heterocycles. The van der Waals surface area contributed by atoms with E-state index in [9.17, 15) is 14.9 Å². The summed E-state index contributed by atoms with van der Waals surface area (Å²) in [4.78, 5) is 28.9. The van der Waals surface area contributed by atoms with Crippen molar-refractivity contribution in [1.29, 1.82) is 5.26 Å². The van der Waals surface area contributed by atoms with Crippen LogP contribution in [0.2, 0.25) is 0 Å². The molecule has 5 rings (SSSR count). The smallest absolute Gasteiger partial charge is 0.260 e. The molecule has 4 aliphatic rings. The zero-order valence-electron chi connectivity index (χ0n) is 20.3. The van der Waals surface area contributed by atoms with Crippen LogP contribution in [0.15, 0.2) is 48.6 Å². The second-order valence-electron chi connectivity index (χ2n) is 11.3. The first-order valence-electron chi connectivity index (χ1n) is 12.8. The molecule has 5 nitrogen and oxygen atoms in total. The summed E-state index contributed by atoms with van der Waals surface area (Å²) >= 11 is 0. The van der Waals surface area contributed by atoms with E-state index in [-0.39, 0.29) is 22.9 Å². The number of anilines is 1. The van der Waals surface area contributed by atoms with Crippen LogP contribution in [0.3, 0.4) is 0 Å². The number of hydrogen-bond donors (Lipinski definition) is 1. The maximum Gasteiger partial charge on any atom is 0.260 e. The first kappa shape index (κ1) is 22.9. The fourth-order valence-corrected chi connectivity index (χ4v) is 8.12. The summed E-state index contributed by atoms with van der Waals surface area (Å²) in [7, 11) is 0. The van der Waals surface area contributed by atoms with Crippen molar-refractivity contribution in [3.63, 3.8) is 0 Å². The normalized spacial score (nSPS) is 36.4. The number of para-hydroxylation sites is 1. The minimum Gasteiger partial charge on any atom is -0.331 e. The number of nitriles is 1. The molecule has 3 aliphatic carbocycles. The molecule has 1 aromatic rings. The van der Waals surface area contributed by atoms with Gasteiger partial charge in [0.1, 0.15) is 11.6 Å². The lowest BCUT2D eigenvalue weighted by Crippen LogP contribution is -2.61. The summed E-state index contributed by atoms with van der Waals surface area (Å²) in [5.41, 5.74) is 1.24. The van der Waals surface area contributed by atoms with Gasteiger partial charge in [0.2, 0.25) is 0 Å². The molecule has 34 heavy (non-hydrogen) atoms. The van der Waals surface area contributed by atoms with Gasteiger partial charge in [0.25, 0.3) is 11.8 Å². The molecule has 0 saturated heterocycles. The van der Waals surface area contributed by atoms with Crippen molar-refractivity contribution in [1.82, 2.24) is 4.90 Å². The van der Waals surface area contributed by atoms with Crippen molar-refractivity contribution < 1.29 is 9.59 Å². The molecular formula is C29H35N3O2. The van der Waals surface area contributed by atoms with Gasteiger partial charge >= 0.3 is 0 Å². The van der Waals surface area contributed by atoms with Gasteiger partial charge in [0.05, 0.1) is 11.3 Å². The molecule has 1 unspecified atom stereocenters. The summed E-state index contributed by atoms with van der Waals surface area (Å²) in [6.07, 6.45) is 12.3. The minimum atomic E-state index is -0.426. The van der Waals surface area contributed by atoms with Crippen LogP contribution < -0.4 is 5.32 Å². The van der Waals surface area contributed by atoms with E-state index in [1.807, 2.05) is 11.0 Å². The van der Waals surface area contributed by atoms with E-state index < -0.39 is 5.91 Å². The number of hydrogen-bond acceptors (Lipinski definition) is 3. The lowest BCUT2D eigenvalue weighted by Gasteiger charge is -2.60. The summed E-state index contributed by atoms with van der Waals surface area (Å²) in [6, 6.07) is 9.12. The number of carbonyl (C=O) groups is 2. The van der Waals surface area contributed by atoms with Crippen LogP contribution in [0.5, 0.6) is 0 Å². The van der Waals surface area contributed by atoms with Crippen LogP contribution in [0.4, 0.5) is 5.69 Å². The largest absolute Gasteiger partial charge is 0.331 e. The Kier molecular flexibility index (Phi) is 5.67. The first-order chi connectivity index (χ1) is 16.3. The van der Waals surface area contributed by atoms with Gasteiger partial charge in [-0.3, -0.25) is 9.59 Å². The fraction of sp³-hybridized carbons (Fsp3) is 0.552. The lowest BCUT2D eigenvalue weighted by atomic mass is 9.48. The number of amides is 2. The monoisotopic (exact) mass is 457 g/mol. The highest BCUT2D eigenvalue weighted by Gasteiger charge is 2.59. The number of benzene rings is 1. The van der Waals surface area contributed by atoms with Gasteiger partial charge in [0.15, 0.2) is 0 Å². The molecule has 3 saturated carbocycles. The number of rotatable bonds is 4. The Labute approximate surface area is 202 Å². The van der Waals surface area contributed by atoms with E-state index in [2.05, 4.69) is 31.8 Å². The molecule has 1 aromatic carbocycles. The predicted molar refractivity (Wildman–Crippen MR) is 133 cm³/mol. The van der Waals surface area contributed by atoms with Gasteiger partial charge in [-0.1, -0.05) is 44.6 Å². The zero-order valence-corrected chi connectivity index (χ0v) is 20.3. The van der Waals surface area contributed by atoms with Gasteiger partial charge < -0.3 is 10.2 Å². The zero-order chi connectivity index (χ0) is 24.1. The van der Waals surface area contributed by atoms with Crippen LogP contribution in [0, 0.1) is 39.9 Å². The second kappa shape index (κ2) is 8.41. The molecule has 3 fully saturated rings. The molecule has 1 N–H and O–H groups in total. The third-order valence-corrected chi connectivity index (χ3v) is 9.70. The molecule has 1 heterocycles. The van der Waals surface area contributed by atoms with Crippen LogP contribution in [0.1, 0.15) is 64.4 Å². The maximum absolute atomic E-state index is 13.6. The number of nitrogens with zero attached hydrogens (tertiary/aromatic N) is 2. The van der Waals surface area contributed by atoms with Gasteiger partial charge in [-0.15, -0.1) is 6.58 Å². The Morgan fingerprint density at radius 2 is 2.00 bits per heavy atom. The van der Waals surface area contributed by atoms with E-state index in [0.717, 1.165) is 25.2 Å². The molecule has 178 valence electrons. The lowest BCUT2D eigenvalue weighted by molar-refractivity contribution is -0.142. The fourth-order valence-electron chi connectivity index (χ4n) is 8.12. The number of fused-ring (bicyclic) bond motifs is 5. The molecule has 2 amide bonds. The molecular weight excluding hydrogens is 422 g/mol. The summed E-state index contributed by atoms with van der Waals surface area (Å²) in [5, 5.41) is 12.3. The van der Waals surface area contributed by atoms with Crippen LogP contribution in [0.25, 0.3) is 0 Å². The summed E-state index contributed by atoms with van der Waals surface area (Å²) < 4.78 is 0. The molecule has 0 spiro atoms. The Bertz CT molecular complexity index is 1100. The third-order valence-electron chi connectivity index (χ3n) is 9.70. The van der Waals surface area contributed by atoms with E-state index in [0.29, 0.717) is 35.0 Å². The predicted octanol–water partition coefficient (Wildman–Crippen LogP) is 5.45. The van der Waals surface area contributed by atoms with Crippen LogP contribution in [-0.2, 0) is 9.59 Å². The Balaban J connectivity index is 1.52. The van der Waals surface area contributed by atoms with Crippen molar-refractivity contribution in [3.05, 3.63) is 54.1 Å². The van der Waals surface area contributed by atoms with Crippen molar-refractivity contribution in [2.45, 2.75) is 64.8 Å². The average molecular weight is 458 g/mol. The van der Waals surface area contributed by atoms with Crippen LogP contribution >= 0.6 is 0 Å². The number of nitrogens with one attached hydrogen (secondary N) is 1. The topological polar surface area (TPSA) is 73.2 Å². The quantitative estimate of drug-likeness (QED) is 0.482. The van der Waals surface area contributed by atoms with E-state index in [1.54, 1.807) is 30.3 Å². The van der Waals surface area contributed by atoms with Crippen molar-refractivity contribution in [3.8, 4) is 6.07 Å². The standard InChI is InChI=1S/C29H35N3O2/c1-4-16-32-25-12-11-20-22-9-7-14-28(22,2)15-13-23(20)29(25,3)17-21(27(32)34)26(33)31-24-10-6-5-8-19(24)18-30/h4-6,8,10,17,20,22-23,25H,1,7,9,11-16H2,2-3H3,(H,31,33)/t20-,22-,23+,25?,28-,29+/m0/s1. The summed E-state index contributed by atoms with van der Waals surface area (Å²) in [5.74, 6) is 1.22. The first-order valence-corrected chi connectivity index (χ1v) is 12.8. The molecule has 6 atom stereocenters. The van der Waals surface area contributed by atoms with Crippen molar-refractivity contribution >= 4 is 17.5 Å². The highest BCUT2D eigenvalue weighted by atomic mass is 16.2. The van der Waals surface area contributed by atoms with Crippen LogP contribution in [-0.4, -0.2) is 29.3 Å².